The topological polar surface area (TPSA) is 12.0 Å². The highest BCUT2D eigenvalue weighted by atomic mass is 32.1. The first-order valence-electron chi connectivity index (χ1n) is 6.07. The molecule has 1 heterocycles. The Morgan fingerprint density at radius 1 is 1.47 bits per heavy atom. The molecule has 1 N–H and O–H groups in total. The molecular formula is C13H21NS. The first-order valence-corrected chi connectivity index (χ1v) is 6.95. The molecule has 1 fully saturated rings. The van der Waals surface area contributed by atoms with Crippen LogP contribution in [0.3, 0.4) is 0 Å². The van der Waals surface area contributed by atoms with Gasteiger partial charge in [-0.2, -0.15) is 0 Å². The molecule has 84 valence electrons. The normalized spacial score (nSPS) is 19.5. The molecule has 1 unspecified atom stereocenters. The van der Waals surface area contributed by atoms with Gasteiger partial charge in [-0.05, 0) is 43.3 Å². The monoisotopic (exact) mass is 223 g/mol. The highest BCUT2D eigenvalue weighted by Gasteiger charge is 2.24. The van der Waals surface area contributed by atoms with Gasteiger partial charge in [0.1, 0.15) is 0 Å². The van der Waals surface area contributed by atoms with E-state index in [4.69, 9.17) is 0 Å². The maximum Gasteiger partial charge on any atom is 0.00485 e. The molecule has 0 radical (unpaired) electrons. The van der Waals surface area contributed by atoms with Crippen molar-refractivity contribution in [3.63, 3.8) is 0 Å². The van der Waals surface area contributed by atoms with E-state index in [-0.39, 0.29) is 0 Å². The van der Waals surface area contributed by atoms with Gasteiger partial charge in [0, 0.05) is 4.88 Å². The summed E-state index contributed by atoms with van der Waals surface area (Å²) in [5.41, 5.74) is 0. The standard InChI is InChI=1S/C13H21NS/c1-14-10-12(11-5-2-3-6-11)9-13-7-4-8-15-13/h4,7-8,11-12,14H,2-3,5-6,9-10H2,1H3. The summed E-state index contributed by atoms with van der Waals surface area (Å²) in [4.78, 5) is 1.56. The summed E-state index contributed by atoms with van der Waals surface area (Å²) in [5.74, 6) is 1.83. The van der Waals surface area contributed by atoms with E-state index in [1.165, 1.54) is 38.6 Å². The molecule has 1 aromatic heterocycles. The molecule has 1 aromatic rings. The predicted molar refractivity (Wildman–Crippen MR) is 67.4 cm³/mol. The SMILES string of the molecule is CNCC(Cc1cccs1)C1CCCC1. The lowest BCUT2D eigenvalue weighted by molar-refractivity contribution is 0.330. The Kier molecular flexibility index (Phi) is 4.21. The summed E-state index contributed by atoms with van der Waals surface area (Å²) in [6.45, 7) is 1.18. The van der Waals surface area contributed by atoms with Crippen LogP contribution in [0.4, 0.5) is 0 Å². The van der Waals surface area contributed by atoms with Crippen molar-refractivity contribution >= 4 is 11.3 Å². The highest BCUT2D eigenvalue weighted by molar-refractivity contribution is 7.09. The van der Waals surface area contributed by atoms with Crippen molar-refractivity contribution in [2.45, 2.75) is 32.1 Å². The summed E-state index contributed by atoms with van der Waals surface area (Å²) >= 11 is 1.91. The molecule has 1 nitrogen and oxygen atoms in total. The summed E-state index contributed by atoms with van der Waals surface area (Å²) in [7, 11) is 2.08. The third kappa shape index (κ3) is 3.05. The van der Waals surface area contributed by atoms with Crippen LogP contribution < -0.4 is 5.32 Å². The lowest BCUT2D eigenvalue weighted by atomic mass is 9.87. The summed E-state index contributed by atoms with van der Waals surface area (Å²) in [5, 5.41) is 5.56. The van der Waals surface area contributed by atoms with Crippen molar-refractivity contribution in [1.82, 2.24) is 5.32 Å². The fourth-order valence-electron chi connectivity index (χ4n) is 2.78. The van der Waals surface area contributed by atoms with E-state index in [9.17, 15) is 0 Å². The second-order valence-corrected chi connectivity index (χ2v) is 5.68. The minimum atomic E-state index is 0.858. The van der Waals surface area contributed by atoms with Crippen molar-refractivity contribution < 1.29 is 0 Å². The van der Waals surface area contributed by atoms with Crippen molar-refractivity contribution in [2.75, 3.05) is 13.6 Å². The predicted octanol–water partition coefficient (Wildman–Crippen LogP) is 3.32. The summed E-state index contributed by atoms with van der Waals surface area (Å²) in [6, 6.07) is 4.45. The molecule has 1 atom stereocenters. The molecule has 1 saturated carbocycles. The zero-order valence-electron chi connectivity index (χ0n) is 9.54. The number of nitrogens with one attached hydrogen (secondary N) is 1. The van der Waals surface area contributed by atoms with Crippen LogP contribution in [-0.4, -0.2) is 13.6 Å². The van der Waals surface area contributed by atoms with Gasteiger partial charge in [0.05, 0.1) is 0 Å². The Hall–Kier alpha value is -0.340. The molecule has 0 aliphatic heterocycles. The molecule has 0 aromatic carbocycles. The van der Waals surface area contributed by atoms with Gasteiger partial charge in [-0.25, -0.2) is 0 Å². The van der Waals surface area contributed by atoms with Crippen LogP contribution in [0.2, 0.25) is 0 Å². The smallest absolute Gasteiger partial charge is 0.00485 e. The molecule has 1 aliphatic carbocycles. The Balaban J connectivity index is 1.93. The molecule has 1 aliphatic rings. The second kappa shape index (κ2) is 5.66. The number of rotatable bonds is 5. The van der Waals surface area contributed by atoms with E-state index in [1.54, 1.807) is 4.88 Å². The van der Waals surface area contributed by atoms with Crippen molar-refractivity contribution in [2.24, 2.45) is 11.8 Å². The van der Waals surface area contributed by atoms with Gasteiger partial charge < -0.3 is 5.32 Å². The van der Waals surface area contributed by atoms with E-state index < -0.39 is 0 Å². The van der Waals surface area contributed by atoms with Gasteiger partial charge in [-0.15, -0.1) is 11.3 Å². The lowest BCUT2D eigenvalue weighted by Crippen LogP contribution is -2.26. The quantitative estimate of drug-likeness (QED) is 0.807. The molecule has 0 saturated heterocycles. The van der Waals surface area contributed by atoms with Gasteiger partial charge in [0.15, 0.2) is 0 Å². The molecule has 0 spiro atoms. The minimum absolute atomic E-state index is 0.858. The average molecular weight is 223 g/mol. The van der Waals surface area contributed by atoms with Gasteiger partial charge in [-0.3, -0.25) is 0 Å². The Labute approximate surface area is 96.9 Å². The molecular weight excluding hydrogens is 202 g/mol. The Morgan fingerprint density at radius 2 is 2.27 bits per heavy atom. The van der Waals surface area contributed by atoms with Crippen LogP contribution >= 0.6 is 11.3 Å². The third-order valence-electron chi connectivity index (χ3n) is 3.58. The zero-order chi connectivity index (χ0) is 10.5. The maximum atomic E-state index is 3.36. The number of hydrogen-bond donors (Lipinski definition) is 1. The van der Waals surface area contributed by atoms with E-state index >= 15 is 0 Å². The zero-order valence-corrected chi connectivity index (χ0v) is 10.4. The summed E-state index contributed by atoms with van der Waals surface area (Å²) in [6.07, 6.45) is 7.10. The Bertz CT molecular complexity index is 262. The van der Waals surface area contributed by atoms with Crippen LogP contribution in [-0.2, 0) is 6.42 Å². The van der Waals surface area contributed by atoms with Crippen LogP contribution in [0.25, 0.3) is 0 Å². The first-order chi connectivity index (χ1) is 7.40. The number of thiophene rings is 1. The van der Waals surface area contributed by atoms with Crippen LogP contribution in [0.5, 0.6) is 0 Å². The summed E-state index contributed by atoms with van der Waals surface area (Å²) < 4.78 is 0. The maximum absolute atomic E-state index is 3.36. The van der Waals surface area contributed by atoms with Crippen LogP contribution in [0.1, 0.15) is 30.6 Å². The lowest BCUT2D eigenvalue weighted by Gasteiger charge is -2.22. The fourth-order valence-corrected chi connectivity index (χ4v) is 3.58. The van der Waals surface area contributed by atoms with Crippen molar-refractivity contribution in [3.8, 4) is 0 Å². The molecule has 0 bridgehead atoms. The van der Waals surface area contributed by atoms with Gasteiger partial charge in [-0.1, -0.05) is 31.7 Å². The van der Waals surface area contributed by atoms with Gasteiger partial charge in [0.25, 0.3) is 0 Å². The van der Waals surface area contributed by atoms with E-state index in [0.29, 0.717) is 0 Å². The van der Waals surface area contributed by atoms with E-state index in [0.717, 1.165) is 11.8 Å². The van der Waals surface area contributed by atoms with Crippen LogP contribution in [0.15, 0.2) is 17.5 Å². The molecule has 0 amide bonds. The third-order valence-corrected chi connectivity index (χ3v) is 4.48. The van der Waals surface area contributed by atoms with Gasteiger partial charge >= 0.3 is 0 Å². The minimum Gasteiger partial charge on any atom is -0.319 e. The Morgan fingerprint density at radius 3 is 2.87 bits per heavy atom. The van der Waals surface area contributed by atoms with Crippen molar-refractivity contribution in [1.29, 1.82) is 0 Å². The largest absolute Gasteiger partial charge is 0.319 e. The fraction of sp³-hybridized carbons (Fsp3) is 0.692. The average Bonchev–Trinajstić information content (AvgIpc) is 2.89. The second-order valence-electron chi connectivity index (χ2n) is 4.65. The van der Waals surface area contributed by atoms with Gasteiger partial charge in [0.2, 0.25) is 0 Å². The van der Waals surface area contributed by atoms with Crippen LogP contribution in [0, 0.1) is 11.8 Å². The van der Waals surface area contributed by atoms with E-state index in [2.05, 4.69) is 29.9 Å². The number of hydrogen-bond acceptors (Lipinski definition) is 2. The molecule has 2 rings (SSSR count). The highest BCUT2D eigenvalue weighted by Crippen LogP contribution is 2.33. The van der Waals surface area contributed by atoms with E-state index in [1.807, 2.05) is 11.3 Å². The molecule has 2 heteroatoms. The van der Waals surface area contributed by atoms with Crippen molar-refractivity contribution in [3.05, 3.63) is 22.4 Å². The first kappa shape index (κ1) is 11.2. The molecule has 15 heavy (non-hydrogen) atoms.